The molecule has 1 heterocycles. The average molecular weight is 311 g/mol. The van der Waals surface area contributed by atoms with Gasteiger partial charge < -0.3 is 15.4 Å². The molecule has 112 valence electrons. The highest BCUT2D eigenvalue weighted by molar-refractivity contribution is 7.89. The zero-order chi connectivity index (χ0) is 15.6. The Hall–Kier alpha value is -2.39. The fourth-order valence-corrected chi connectivity index (χ4v) is 2.86. The lowest BCUT2D eigenvalue weighted by Gasteiger charge is -2.08. The molecule has 4 N–H and O–H groups in total. The number of nitrogen functional groups attached to an aromatic ring is 1. The largest absolute Gasteiger partial charge is 0.478 e. The summed E-state index contributed by atoms with van der Waals surface area (Å²) in [5.74, 6) is -1.05. The van der Waals surface area contributed by atoms with Gasteiger partial charge in [-0.25, -0.2) is 17.9 Å². The first kappa shape index (κ1) is 15.0. The Morgan fingerprint density at radius 1 is 1.43 bits per heavy atom. The number of anilines is 1. The van der Waals surface area contributed by atoms with E-state index >= 15 is 0 Å². The van der Waals surface area contributed by atoms with Crippen LogP contribution in [0.1, 0.15) is 21.8 Å². The van der Waals surface area contributed by atoms with Gasteiger partial charge in [0.1, 0.15) is 0 Å². The lowest BCUT2D eigenvalue weighted by molar-refractivity contribution is 0.0692. The predicted molar refractivity (Wildman–Crippen MR) is 73.1 cm³/mol. The number of nitrogens with two attached hydrogens (primary N) is 1. The number of sulfonamides is 1. The van der Waals surface area contributed by atoms with Crippen molar-refractivity contribution in [2.24, 2.45) is 0 Å². The molecule has 0 spiro atoms. The first-order valence-corrected chi connectivity index (χ1v) is 7.32. The molecule has 0 atom stereocenters. The van der Waals surface area contributed by atoms with E-state index in [2.05, 4.69) is 9.88 Å². The molecule has 1 aromatic heterocycles. The predicted octanol–water partition coefficient (Wildman–Crippen LogP) is 0.742. The number of carbonyl (C=O) groups is 1. The van der Waals surface area contributed by atoms with Crippen molar-refractivity contribution in [3.63, 3.8) is 0 Å². The van der Waals surface area contributed by atoms with E-state index in [1.54, 1.807) is 13.0 Å². The van der Waals surface area contributed by atoms with Crippen LogP contribution in [-0.2, 0) is 16.6 Å². The van der Waals surface area contributed by atoms with E-state index in [1.807, 2.05) is 0 Å². The quantitative estimate of drug-likeness (QED) is 0.693. The topological polar surface area (TPSA) is 136 Å². The number of hydrogen-bond donors (Lipinski definition) is 3. The van der Waals surface area contributed by atoms with Gasteiger partial charge in [0.05, 0.1) is 22.7 Å². The normalized spacial score (nSPS) is 11.5. The van der Waals surface area contributed by atoms with Crippen LogP contribution in [0.15, 0.2) is 33.7 Å². The first-order chi connectivity index (χ1) is 9.79. The number of benzene rings is 1. The van der Waals surface area contributed by atoms with Crippen LogP contribution in [0.3, 0.4) is 0 Å². The Morgan fingerprint density at radius 2 is 2.14 bits per heavy atom. The lowest BCUT2D eigenvalue weighted by atomic mass is 10.2. The van der Waals surface area contributed by atoms with E-state index in [4.69, 9.17) is 15.4 Å². The maximum absolute atomic E-state index is 12.2. The molecule has 0 aliphatic heterocycles. The van der Waals surface area contributed by atoms with E-state index < -0.39 is 21.6 Å². The van der Waals surface area contributed by atoms with Crippen LogP contribution in [0.2, 0.25) is 0 Å². The second-order valence-corrected chi connectivity index (χ2v) is 6.06. The monoisotopic (exact) mass is 311 g/mol. The summed E-state index contributed by atoms with van der Waals surface area (Å²) < 4.78 is 31.5. The molecule has 9 heteroatoms. The standard InChI is InChI=1S/C12H13N3O5S/c1-7-4-9(20-15-7)6-14-21(18,19)11-3-2-8(13)5-10(11)12(16)17/h2-5,14H,6,13H2,1H3,(H,16,17). The van der Waals surface area contributed by atoms with Crippen LogP contribution in [0, 0.1) is 6.92 Å². The first-order valence-electron chi connectivity index (χ1n) is 5.84. The molecule has 0 saturated carbocycles. The summed E-state index contributed by atoms with van der Waals surface area (Å²) in [5.41, 5.74) is 5.86. The van der Waals surface area contributed by atoms with E-state index in [0.717, 1.165) is 12.1 Å². The molecule has 2 rings (SSSR count). The van der Waals surface area contributed by atoms with E-state index in [-0.39, 0.29) is 17.1 Å². The van der Waals surface area contributed by atoms with Crippen molar-refractivity contribution >= 4 is 21.7 Å². The molecule has 0 unspecified atom stereocenters. The Kier molecular flexibility index (Phi) is 3.96. The van der Waals surface area contributed by atoms with Gasteiger partial charge in [0.15, 0.2) is 5.76 Å². The van der Waals surface area contributed by atoms with Gasteiger partial charge in [0, 0.05) is 11.8 Å². The minimum atomic E-state index is -4.02. The molecule has 0 aliphatic carbocycles. The molecule has 0 saturated heterocycles. The summed E-state index contributed by atoms with van der Waals surface area (Å²) in [6.45, 7) is 1.57. The number of aryl methyl sites for hydroxylation is 1. The SMILES string of the molecule is Cc1cc(CNS(=O)(=O)c2ccc(N)cc2C(=O)O)on1. The van der Waals surface area contributed by atoms with E-state index in [1.165, 1.54) is 6.07 Å². The highest BCUT2D eigenvalue weighted by Gasteiger charge is 2.22. The molecule has 0 bridgehead atoms. The fourth-order valence-electron chi connectivity index (χ4n) is 1.69. The number of nitrogens with zero attached hydrogens (tertiary/aromatic N) is 1. The number of carboxylic acid groups (broad SMARTS) is 1. The number of aromatic carboxylic acids is 1. The molecule has 1 aromatic carbocycles. The van der Waals surface area contributed by atoms with Gasteiger partial charge in [-0.2, -0.15) is 0 Å². The number of hydrogen-bond acceptors (Lipinski definition) is 6. The molecular formula is C12H13N3O5S. The summed E-state index contributed by atoms with van der Waals surface area (Å²) >= 11 is 0. The van der Waals surface area contributed by atoms with Crippen molar-refractivity contribution < 1.29 is 22.8 Å². The molecule has 0 radical (unpaired) electrons. The third kappa shape index (κ3) is 3.38. The van der Waals surface area contributed by atoms with Crippen molar-refractivity contribution in [1.82, 2.24) is 9.88 Å². The molecule has 8 nitrogen and oxygen atoms in total. The minimum Gasteiger partial charge on any atom is -0.478 e. The highest BCUT2D eigenvalue weighted by Crippen LogP contribution is 2.19. The number of carboxylic acids is 1. The van der Waals surface area contributed by atoms with Gasteiger partial charge in [0.25, 0.3) is 0 Å². The lowest BCUT2D eigenvalue weighted by Crippen LogP contribution is -2.25. The number of rotatable bonds is 5. The van der Waals surface area contributed by atoms with Gasteiger partial charge in [0.2, 0.25) is 10.0 Å². The molecular weight excluding hydrogens is 298 g/mol. The summed E-state index contributed by atoms with van der Waals surface area (Å²) in [6.07, 6.45) is 0. The third-order valence-electron chi connectivity index (χ3n) is 2.64. The van der Waals surface area contributed by atoms with Crippen LogP contribution < -0.4 is 10.5 Å². The van der Waals surface area contributed by atoms with Crippen LogP contribution in [-0.4, -0.2) is 24.7 Å². The van der Waals surface area contributed by atoms with Crippen LogP contribution in [0.25, 0.3) is 0 Å². The Balaban J connectivity index is 2.29. The van der Waals surface area contributed by atoms with Crippen molar-refractivity contribution in [2.45, 2.75) is 18.4 Å². The maximum Gasteiger partial charge on any atom is 0.337 e. The highest BCUT2D eigenvalue weighted by atomic mass is 32.2. The summed E-state index contributed by atoms with van der Waals surface area (Å²) in [7, 11) is -4.02. The average Bonchev–Trinajstić information content (AvgIpc) is 2.82. The molecule has 0 fully saturated rings. The number of nitrogens with one attached hydrogen (secondary N) is 1. The Labute approximate surface area is 120 Å². The van der Waals surface area contributed by atoms with Crippen LogP contribution in [0.5, 0.6) is 0 Å². The van der Waals surface area contributed by atoms with E-state index in [0.29, 0.717) is 11.5 Å². The second kappa shape index (κ2) is 5.54. The zero-order valence-electron chi connectivity index (χ0n) is 11.0. The molecule has 21 heavy (non-hydrogen) atoms. The molecule has 0 aliphatic rings. The van der Waals surface area contributed by atoms with Crippen molar-refractivity contribution in [2.75, 3.05) is 5.73 Å². The van der Waals surface area contributed by atoms with E-state index in [9.17, 15) is 13.2 Å². The summed E-state index contributed by atoms with van der Waals surface area (Å²) in [4.78, 5) is 10.8. The number of aromatic nitrogens is 1. The third-order valence-corrected chi connectivity index (χ3v) is 4.10. The molecule has 0 amide bonds. The summed E-state index contributed by atoms with van der Waals surface area (Å²) in [5, 5.41) is 12.7. The van der Waals surface area contributed by atoms with Crippen molar-refractivity contribution in [3.8, 4) is 0 Å². The van der Waals surface area contributed by atoms with Crippen molar-refractivity contribution in [1.29, 1.82) is 0 Å². The Bertz CT molecular complexity index is 782. The summed E-state index contributed by atoms with van der Waals surface area (Å²) in [6, 6.07) is 5.13. The van der Waals surface area contributed by atoms with Gasteiger partial charge in [-0.1, -0.05) is 5.16 Å². The smallest absolute Gasteiger partial charge is 0.337 e. The van der Waals surface area contributed by atoms with Gasteiger partial charge in [-0.15, -0.1) is 0 Å². The van der Waals surface area contributed by atoms with Crippen LogP contribution >= 0.6 is 0 Å². The Morgan fingerprint density at radius 3 is 2.71 bits per heavy atom. The van der Waals surface area contributed by atoms with Gasteiger partial charge in [-0.3, -0.25) is 0 Å². The van der Waals surface area contributed by atoms with Gasteiger partial charge >= 0.3 is 5.97 Å². The van der Waals surface area contributed by atoms with Crippen molar-refractivity contribution in [3.05, 3.63) is 41.3 Å². The van der Waals surface area contributed by atoms with Gasteiger partial charge in [-0.05, 0) is 25.1 Å². The second-order valence-electron chi connectivity index (χ2n) is 4.32. The maximum atomic E-state index is 12.2. The fraction of sp³-hybridized carbons (Fsp3) is 0.167. The molecule has 2 aromatic rings. The van der Waals surface area contributed by atoms with Crippen LogP contribution in [0.4, 0.5) is 5.69 Å². The zero-order valence-corrected chi connectivity index (χ0v) is 11.8. The minimum absolute atomic E-state index is 0.132.